The number of fused-ring (bicyclic) bond motifs is 1. The predicted molar refractivity (Wildman–Crippen MR) is 126 cm³/mol. The largest absolute Gasteiger partial charge is 0.496 e. The third-order valence-electron chi connectivity index (χ3n) is 5.14. The van der Waals surface area contributed by atoms with E-state index < -0.39 is 0 Å². The smallest absolute Gasteiger partial charge is 0.163 e. The monoisotopic (exact) mass is 431 g/mol. The number of methoxy groups -OCH3 is 1. The van der Waals surface area contributed by atoms with Crippen molar-refractivity contribution in [3.63, 3.8) is 0 Å². The van der Waals surface area contributed by atoms with E-state index >= 15 is 0 Å². The van der Waals surface area contributed by atoms with E-state index in [9.17, 15) is 0 Å². The second-order valence-corrected chi connectivity index (χ2v) is 9.22. The Labute approximate surface area is 188 Å². The molecule has 0 unspecified atom stereocenters. The van der Waals surface area contributed by atoms with Crippen LogP contribution in [0.1, 0.15) is 37.9 Å². The van der Waals surface area contributed by atoms with Crippen molar-refractivity contribution >= 4 is 16.7 Å². The van der Waals surface area contributed by atoms with Gasteiger partial charge in [0.15, 0.2) is 11.6 Å². The van der Waals surface area contributed by atoms with Crippen LogP contribution in [0, 0.1) is 12.3 Å². The molecule has 0 radical (unpaired) electrons. The van der Waals surface area contributed by atoms with E-state index in [0.717, 1.165) is 51.7 Å². The lowest BCUT2D eigenvalue weighted by Crippen LogP contribution is -2.20. The Morgan fingerprint density at radius 1 is 1.12 bits per heavy atom. The lowest BCUT2D eigenvalue weighted by Gasteiger charge is -2.20. The van der Waals surface area contributed by atoms with E-state index in [1.54, 1.807) is 13.4 Å². The van der Waals surface area contributed by atoms with Crippen molar-refractivity contribution in [2.45, 2.75) is 34.1 Å². The lowest BCUT2D eigenvalue weighted by atomic mass is 9.97. The number of ether oxygens (including phenoxy) is 1. The van der Waals surface area contributed by atoms with Gasteiger partial charge in [-0.2, -0.15) is 0 Å². The van der Waals surface area contributed by atoms with Crippen LogP contribution < -0.4 is 10.1 Å². The number of benzene rings is 1. The van der Waals surface area contributed by atoms with Crippen LogP contribution in [0.3, 0.4) is 0 Å². The van der Waals surface area contributed by atoms with E-state index in [4.69, 9.17) is 14.7 Å². The fourth-order valence-electron chi connectivity index (χ4n) is 3.51. The first-order chi connectivity index (χ1) is 15.2. The molecular formula is C24H29N7O. The van der Waals surface area contributed by atoms with Gasteiger partial charge >= 0.3 is 0 Å². The van der Waals surface area contributed by atoms with Crippen LogP contribution in [-0.4, -0.2) is 43.4 Å². The van der Waals surface area contributed by atoms with E-state index in [1.807, 2.05) is 49.0 Å². The zero-order chi connectivity index (χ0) is 22.9. The average Bonchev–Trinajstić information content (AvgIpc) is 3.18. The number of pyridine rings is 1. The van der Waals surface area contributed by atoms with E-state index in [0.29, 0.717) is 12.2 Å². The van der Waals surface area contributed by atoms with Gasteiger partial charge in [0.2, 0.25) is 0 Å². The highest BCUT2D eigenvalue weighted by atomic mass is 16.5. The third-order valence-corrected chi connectivity index (χ3v) is 5.14. The molecule has 0 saturated carbocycles. The second kappa shape index (κ2) is 8.53. The first-order valence-electron chi connectivity index (χ1n) is 10.6. The number of hydrogen-bond acceptors (Lipinski definition) is 7. The molecule has 1 N–H and O–H groups in total. The zero-order valence-electron chi connectivity index (χ0n) is 19.5. The van der Waals surface area contributed by atoms with Crippen molar-refractivity contribution in [1.82, 2.24) is 29.7 Å². The molecule has 0 aliphatic carbocycles. The molecule has 0 bridgehead atoms. The molecule has 0 fully saturated rings. The number of rotatable bonds is 6. The molecule has 0 aliphatic rings. The fourth-order valence-corrected chi connectivity index (χ4v) is 3.51. The van der Waals surface area contributed by atoms with Crippen LogP contribution in [-0.2, 0) is 13.5 Å². The van der Waals surface area contributed by atoms with Gasteiger partial charge in [0.05, 0.1) is 7.11 Å². The van der Waals surface area contributed by atoms with Crippen LogP contribution in [0.5, 0.6) is 5.75 Å². The minimum atomic E-state index is 0.130. The molecular weight excluding hydrogens is 402 g/mol. The predicted octanol–water partition coefficient (Wildman–Crippen LogP) is 4.19. The molecule has 3 aromatic heterocycles. The van der Waals surface area contributed by atoms with Gasteiger partial charge in [0.25, 0.3) is 0 Å². The number of aryl methyl sites for hydroxylation is 2. The molecule has 1 aromatic carbocycles. The topological polar surface area (TPSA) is 90.6 Å². The Morgan fingerprint density at radius 3 is 2.62 bits per heavy atom. The normalized spacial score (nSPS) is 11.7. The van der Waals surface area contributed by atoms with Crippen molar-refractivity contribution in [3.05, 3.63) is 53.9 Å². The van der Waals surface area contributed by atoms with Crippen molar-refractivity contribution < 1.29 is 4.74 Å². The summed E-state index contributed by atoms with van der Waals surface area (Å²) in [5.74, 6) is 3.06. The van der Waals surface area contributed by atoms with Gasteiger partial charge in [-0.25, -0.2) is 15.0 Å². The van der Waals surface area contributed by atoms with E-state index in [-0.39, 0.29) is 5.41 Å². The maximum absolute atomic E-state index is 5.66. The number of nitrogens with one attached hydrogen (secondary N) is 1. The molecule has 8 nitrogen and oxygen atoms in total. The fraction of sp³-hybridized carbons (Fsp3) is 0.375. The molecule has 0 saturated heterocycles. The van der Waals surface area contributed by atoms with E-state index in [2.05, 4.69) is 41.3 Å². The summed E-state index contributed by atoms with van der Waals surface area (Å²) < 4.78 is 7.54. The summed E-state index contributed by atoms with van der Waals surface area (Å²) in [7, 11) is 3.58. The summed E-state index contributed by atoms with van der Waals surface area (Å²) in [5, 5.41) is 12.6. The lowest BCUT2D eigenvalue weighted by molar-refractivity contribution is 0.410. The van der Waals surface area contributed by atoms with Gasteiger partial charge in [-0.05, 0) is 24.5 Å². The number of hydrogen-bond donors (Lipinski definition) is 1. The van der Waals surface area contributed by atoms with Gasteiger partial charge < -0.3 is 14.6 Å². The Balaban J connectivity index is 1.67. The quantitative estimate of drug-likeness (QED) is 0.489. The van der Waals surface area contributed by atoms with Gasteiger partial charge in [-0.1, -0.05) is 32.9 Å². The Hall–Kier alpha value is -3.55. The second-order valence-electron chi connectivity index (χ2n) is 9.22. The minimum Gasteiger partial charge on any atom is -0.496 e. The average molecular weight is 432 g/mol. The molecule has 4 aromatic rings. The standard InChI is InChI=1S/C24H29N7O/c1-15-9-18-12-25-20(29-21(18)22(28-15)26-13-24(2,3)4)11-16-7-8-17(10-19(16)32-6)23-30-27-14-31(23)5/h7-10,12,14H,11,13H2,1-6H3,(H,26,28). The van der Waals surface area contributed by atoms with Crippen LogP contribution >= 0.6 is 0 Å². The van der Waals surface area contributed by atoms with Crippen LogP contribution in [0.25, 0.3) is 22.3 Å². The number of aromatic nitrogens is 6. The van der Waals surface area contributed by atoms with Crippen molar-refractivity contribution in [2.24, 2.45) is 12.5 Å². The molecule has 0 amide bonds. The molecule has 3 heterocycles. The summed E-state index contributed by atoms with van der Waals surface area (Å²) in [6.45, 7) is 9.36. The Morgan fingerprint density at radius 2 is 1.94 bits per heavy atom. The molecule has 32 heavy (non-hydrogen) atoms. The first-order valence-corrected chi connectivity index (χ1v) is 10.6. The Bertz CT molecular complexity index is 1260. The van der Waals surface area contributed by atoms with Crippen molar-refractivity contribution in [1.29, 1.82) is 0 Å². The summed E-state index contributed by atoms with van der Waals surface area (Å²) in [5.41, 5.74) is 3.84. The third kappa shape index (κ3) is 4.69. The zero-order valence-corrected chi connectivity index (χ0v) is 19.5. The Kier molecular flexibility index (Phi) is 5.78. The summed E-state index contributed by atoms with van der Waals surface area (Å²) in [4.78, 5) is 14.2. The molecule has 0 spiro atoms. The molecule has 8 heteroatoms. The van der Waals surface area contributed by atoms with Gasteiger partial charge in [0.1, 0.15) is 23.4 Å². The summed E-state index contributed by atoms with van der Waals surface area (Å²) in [6.07, 6.45) is 4.10. The highest BCUT2D eigenvalue weighted by molar-refractivity contribution is 5.88. The molecule has 4 rings (SSSR count). The van der Waals surface area contributed by atoms with Crippen LogP contribution in [0.4, 0.5) is 5.82 Å². The number of anilines is 1. The first kappa shape index (κ1) is 21.7. The molecule has 0 atom stereocenters. The van der Waals surface area contributed by atoms with Crippen LogP contribution in [0.2, 0.25) is 0 Å². The number of nitrogens with zero attached hydrogens (tertiary/aromatic N) is 6. The maximum Gasteiger partial charge on any atom is 0.163 e. The molecule has 0 aliphatic heterocycles. The van der Waals surface area contributed by atoms with E-state index in [1.165, 1.54) is 0 Å². The highest BCUT2D eigenvalue weighted by Crippen LogP contribution is 2.28. The minimum absolute atomic E-state index is 0.130. The van der Waals surface area contributed by atoms with Gasteiger partial charge in [-0.3, -0.25) is 0 Å². The van der Waals surface area contributed by atoms with Crippen molar-refractivity contribution in [2.75, 3.05) is 19.0 Å². The summed E-state index contributed by atoms with van der Waals surface area (Å²) in [6, 6.07) is 8.03. The van der Waals surface area contributed by atoms with Gasteiger partial charge in [-0.15, -0.1) is 10.2 Å². The SMILES string of the molecule is COc1cc(-c2nncn2C)ccc1Cc1ncc2cc(C)nc(NCC(C)(C)C)c2n1. The summed E-state index contributed by atoms with van der Waals surface area (Å²) >= 11 is 0. The van der Waals surface area contributed by atoms with Gasteiger partial charge in [0, 0.05) is 48.4 Å². The maximum atomic E-state index is 5.66. The molecule has 166 valence electrons. The van der Waals surface area contributed by atoms with Crippen molar-refractivity contribution in [3.8, 4) is 17.1 Å². The van der Waals surface area contributed by atoms with Crippen LogP contribution in [0.15, 0.2) is 36.8 Å². The highest BCUT2D eigenvalue weighted by Gasteiger charge is 2.15.